The van der Waals surface area contributed by atoms with Crippen molar-refractivity contribution in [1.82, 2.24) is 10.3 Å². The van der Waals surface area contributed by atoms with E-state index in [0.717, 1.165) is 52.8 Å². The third-order valence-electron chi connectivity index (χ3n) is 6.72. The molecule has 0 bridgehead atoms. The van der Waals surface area contributed by atoms with E-state index in [1.165, 1.54) is 16.9 Å². The molecule has 1 fully saturated rings. The summed E-state index contributed by atoms with van der Waals surface area (Å²) < 4.78 is 0. The number of nitrogens with one attached hydrogen (secondary N) is 2. The minimum atomic E-state index is -0.280. The summed E-state index contributed by atoms with van der Waals surface area (Å²) in [5.74, 6) is 0.204. The predicted octanol–water partition coefficient (Wildman–Crippen LogP) is 5.41. The number of hydrogen-bond acceptors (Lipinski definition) is 5. The summed E-state index contributed by atoms with van der Waals surface area (Å²) in [4.78, 5) is 33.9. The maximum atomic E-state index is 13.3. The van der Waals surface area contributed by atoms with Gasteiger partial charge in [0.15, 0.2) is 0 Å². The van der Waals surface area contributed by atoms with Gasteiger partial charge in [-0.1, -0.05) is 38.8 Å². The molecule has 0 radical (unpaired) electrons. The van der Waals surface area contributed by atoms with Crippen molar-refractivity contribution in [1.29, 1.82) is 0 Å². The predicted molar refractivity (Wildman–Crippen MR) is 134 cm³/mol. The summed E-state index contributed by atoms with van der Waals surface area (Å²) in [6.07, 6.45) is 5.64. The van der Waals surface area contributed by atoms with Gasteiger partial charge in [0.2, 0.25) is 0 Å². The molecule has 1 aromatic carbocycles. The number of urea groups is 1. The molecular formula is C25H29N5O2S. The molecule has 0 saturated heterocycles. The van der Waals surface area contributed by atoms with Crippen molar-refractivity contribution in [3.05, 3.63) is 46.5 Å². The maximum Gasteiger partial charge on any atom is 0.331 e. The monoisotopic (exact) mass is 463 g/mol. The van der Waals surface area contributed by atoms with E-state index in [9.17, 15) is 9.59 Å². The second-order valence-electron chi connectivity index (χ2n) is 9.31. The molecule has 2 aliphatic rings. The van der Waals surface area contributed by atoms with Gasteiger partial charge in [0.05, 0.1) is 22.4 Å². The number of carbonyl (C=O) groups excluding carboxylic acids is 2. The Kier molecular flexibility index (Phi) is 5.58. The van der Waals surface area contributed by atoms with Crippen molar-refractivity contribution in [2.45, 2.75) is 64.5 Å². The normalized spacial score (nSPS) is 20.3. The van der Waals surface area contributed by atoms with Crippen molar-refractivity contribution in [2.24, 2.45) is 5.73 Å². The van der Waals surface area contributed by atoms with Crippen LogP contribution in [0.4, 0.5) is 21.9 Å². The van der Waals surface area contributed by atoms with Crippen molar-refractivity contribution in [3.63, 3.8) is 0 Å². The third kappa shape index (κ3) is 3.77. The van der Waals surface area contributed by atoms with Gasteiger partial charge in [-0.3, -0.25) is 9.69 Å². The standard InChI is InChI=1S/C25H29N5O2S/c1-13(2)15-8-9-18(14(3)12-15)30-19-10-11-27-24-20(19)21(29-25(30)32)22(33-24)23(31)28-17-7-5-4-6-16(17)26/h8-13,16-17H,4-7,26H2,1-3H3,(H,28,31)(H,29,32)/t16-,17+/m0/s1. The Morgan fingerprint density at radius 3 is 2.76 bits per heavy atom. The second-order valence-corrected chi connectivity index (χ2v) is 10.3. The van der Waals surface area contributed by atoms with Crippen molar-refractivity contribution in [2.75, 3.05) is 10.2 Å². The Hall–Kier alpha value is -2.97. The van der Waals surface area contributed by atoms with Gasteiger partial charge in [-0.05, 0) is 48.9 Å². The molecule has 1 aliphatic carbocycles. The van der Waals surface area contributed by atoms with Crippen LogP contribution in [-0.2, 0) is 0 Å². The van der Waals surface area contributed by atoms with Gasteiger partial charge in [-0.15, -0.1) is 11.3 Å². The number of amides is 3. The van der Waals surface area contributed by atoms with E-state index in [2.05, 4.69) is 41.6 Å². The van der Waals surface area contributed by atoms with Crippen molar-refractivity contribution in [3.8, 4) is 0 Å². The zero-order valence-electron chi connectivity index (χ0n) is 19.1. The first-order valence-corrected chi connectivity index (χ1v) is 12.4. The summed E-state index contributed by atoms with van der Waals surface area (Å²) in [7, 11) is 0. The molecule has 5 rings (SSSR count). The molecule has 4 N–H and O–H groups in total. The molecule has 2 atom stereocenters. The van der Waals surface area contributed by atoms with E-state index in [1.807, 2.05) is 19.1 Å². The first-order valence-electron chi connectivity index (χ1n) is 11.5. The van der Waals surface area contributed by atoms with Crippen LogP contribution in [0.2, 0.25) is 0 Å². The van der Waals surface area contributed by atoms with Crippen LogP contribution in [0, 0.1) is 6.92 Å². The lowest BCUT2D eigenvalue weighted by atomic mass is 9.91. The van der Waals surface area contributed by atoms with Gasteiger partial charge in [-0.2, -0.15) is 0 Å². The van der Waals surface area contributed by atoms with Crippen LogP contribution in [0.25, 0.3) is 10.2 Å². The van der Waals surface area contributed by atoms with E-state index in [-0.39, 0.29) is 24.0 Å². The van der Waals surface area contributed by atoms with Crippen LogP contribution in [0.1, 0.15) is 66.2 Å². The fraction of sp³-hybridized carbons (Fsp3) is 0.400. The Bertz CT molecular complexity index is 1250. The number of thiophene rings is 1. The Balaban J connectivity index is 1.55. The number of benzene rings is 1. The van der Waals surface area contributed by atoms with Gasteiger partial charge in [0.25, 0.3) is 5.91 Å². The van der Waals surface area contributed by atoms with Crippen LogP contribution in [-0.4, -0.2) is 29.0 Å². The van der Waals surface area contributed by atoms with Crippen LogP contribution in [0.15, 0.2) is 30.5 Å². The van der Waals surface area contributed by atoms with Gasteiger partial charge in [0, 0.05) is 18.3 Å². The zero-order chi connectivity index (χ0) is 23.3. The fourth-order valence-electron chi connectivity index (χ4n) is 4.84. The van der Waals surface area contributed by atoms with E-state index in [0.29, 0.717) is 16.5 Å². The lowest BCUT2D eigenvalue weighted by molar-refractivity contribution is 0.0926. The quantitative estimate of drug-likeness (QED) is 0.481. The van der Waals surface area contributed by atoms with Gasteiger partial charge >= 0.3 is 6.03 Å². The maximum absolute atomic E-state index is 13.3. The van der Waals surface area contributed by atoms with Gasteiger partial charge < -0.3 is 16.4 Å². The van der Waals surface area contributed by atoms with Crippen LogP contribution in [0.5, 0.6) is 0 Å². The van der Waals surface area contributed by atoms with E-state index >= 15 is 0 Å². The number of nitrogens with zero attached hydrogens (tertiary/aromatic N) is 2. The number of aryl methyl sites for hydroxylation is 1. The molecular weight excluding hydrogens is 434 g/mol. The minimum Gasteiger partial charge on any atom is -0.347 e. The van der Waals surface area contributed by atoms with Crippen molar-refractivity contribution >= 4 is 50.6 Å². The molecule has 3 aromatic rings. The summed E-state index contributed by atoms with van der Waals surface area (Å²) in [5.41, 5.74) is 10.6. The lowest BCUT2D eigenvalue weighted by Gasteiger charge is -2.30. The molecule has 0 spiro atoms. The molecule has 1 aliphatic heterocycles. The number of aromatic nitrogens is 1. The van der Waals surface area contributed by atoms with Gasteiger partial charge in [-0.25, -0.2) is 9.78 Å². The van der Waals surface area contributed by atoms with Crippen LogP contribution < -0.4 is 21.3 Å². The SMILES string of the molecule is Cc1cc(C(C)C)ccc1N1C(=O)Nc2c(C(=O)N[C@@H]3CCCC[C@@H]3N)sc3nccc1c23. The second kappa shape index (κ2) is 8.43. The third-order valence-corrected chi connectivity index (χ3v) is 7.81. The molecule has 3 heterocycles. The number of pyridine rings is 1. The van der Waals surface area contributed by atoms with Crippen LogP contribution in [0.3, 0.4) is 0 Å². The molecule has 33 heavy (non-hydrogen) atoms. The number of hydrogen-bond donors (Lipinski definition) is 3. The minimum absolute atomic E-state index is 0.0380. The van der Waals surface area contributed by atoms with E-state index in [1.54, 1.807) is 11.1 Å². The van der Waals surface area contributed by atoms with E-state index < -0.39 is 0 Å². The Morgan fingerprint density at radius 1 is 1.24 bits per heavy atom. The highest BCUT2D eigenvalue weighted by atomic mass is 32.1. The molecule has 3 amide bonds. The molecule has 8 heteroatoms. The lowest BCUT2D eigenvalue weighted by Crippen LogP contribution is -2.49. The molecule has 172 valence electrons. The van der Waals surface area contributed by atoms with Crippen molar-refractivity contribution < 1.29 is 9.59 Å². The number of anilines is 3. The highest BCUT2D eigenvalue weighted by Crippen LogP contribution is 2.46. The molecule has 7 nitrogen and oxygen atoms in total. The number of carbonyl (C=O) groups is 2. The first-order chi connectivity index (χ1) is 15.8. The summed E-state index contributed by atoms with van der Waals surface area (Å²) in [5, 5.41) is 6.88. The topological polar surface area (TPSA) is 100 Å². The highest BCUT2D eigenvalue weighted by molar-refractivity contribution is 7.21. The largest absolute Gasteiger partial charge is 0.347 e. The smallest absolute Gasteiger partial charge is 0.331 e. The number of rotatable bonds is 4. The fourth-order valence-corrected chi connectivity index (χ4v) is 5.87. The molecule has 0 unspecified atom stereocenters. The highest BCUT2D eigenvalue weighted by Gasteiger charge is 2.34. The van der Waals surface area contributed by atoms with E-state index in [4.69, 9.17) is 5.73 Å². The van der Waals surface area contributed by atoms with Gasteiger partial charge in [0.1, 0.15) is 9.71 Å². The zero-order valence-corrected chi connectivity index (χ0v) is 20.0. The summed E-state index contributed by atoms with van der Waals surface area (Å²) in [6, 6.07) is 7.66. The molecule has 2 aromatic heterocycles. The van der Waals surface area contributed by atoms with Crippen LogP contribution >= 0.6 is 11.3 Å². The Morgan fingerprint density at radius 2 is 2.03 bits per heavy atom. The number of nitrogens with two attached hydrogens (primary N) is 1. The average Bonchev–Trinajstić information content (AvgIpc) is 3.15. The molecule has 1 saturated carbocycles. The Labute approximate surface area is 197 Å². The summed E-state index contributed by atoms with van der Waals surface area (Å²) in [6.45, 7) is 6.32. The first kappa shape index (κ1) is 21.9. The summed E-state index contributed by atoms with van der Waals surface area (Å²) >= 11 is 1.31. The average molecular weight is 464 g/mol.